The number of nitrogens with zero attached hydrogens (tertiary/aromatic N) is 4. The van der Waals surface area contributed by atoms with Crippen LogP contribution in [0, 0.1) is 6.42 Å². The number of ether oxygens (including phenoxy) is 1. The first kappa shape index (κ1) is 39.8. The molecule has 12 nitrogen and oxygen atoms in total. The lowest BCUT2D eigenvalue weighted by atomic mass is 10.0. The number of hydrogen-bond donors (Lipinski definition) is 3. The molecule has 1 heterocycles. The molecule has 279 valence electrons. The molecule has 1 radical (unpaired) electrons. The first-order chi connectivity index (χ1) is 25.2. The van der Waals surface area contributed by atoms with Gasteiger partial charge in [-0.1, -0.05) is 60.7 Å². The van der Waals surface area contributed by atoms with E-state index in [0.29, 0.717) is 52.1 Å². The van der Waals surface area contributed by atoms with Crippen molar-refractivity contribution >= 4 is 29.5 Å². The van der Waals surface area contributed by atoms with Crippen molar-refractivity contribution in [3.63, 3.8) is 0 Å². The van der Waals surface area contributed by atoms with E-state index in [1.807, 2.05) is 64.5 Å². The molecule has 52 heavy (non-hydrogen) atoms. The van der Waals surface area contributed by atoms with E-state index in [1.165, 1.54) is 0 Å². The Bertz CT molecular complexity index is 1560. The summed E-state index contributed by atoms with van der Waals surface area (Å²) in [6.07, 6.45) is 6.74. The number of benzene rings is 3. The Morgan fingerprint density at radius 1 is 0.846 bits per heavy atom. The number of aromatic hydroxyl groups is 1. The highest BCUT2D eigenvalue weighted by Crippen LogP contribution is 2.33. The van der Waals surface area contributed by atoms with Gasteiger partial charge in [0.25, 0.3) is 0 Å². The Morgan fingerprint density at radius 3 is 2.29 bits per heavy atom. The Kier molecular flexibility index (Phi) is 16.4. The Balaban J connectivity index is 1.21. The average molecular weight is 714 g/mol. The largest absolute Gasteiger partial charge is 0.508 e. The van der Waals surface area contributed by atoms with E-state index in [1.54, 1.807) is 41.2 Å². The number of amides is 4. The van der Waals surface area contributed by atoms with Gasteiger partial charge >= 0.3 is 6.09 Å². The van der Waals surface area contributed by atoms with Crippen molar-refractivity contribution in [1.82, 2.24) is 20.1 Å². The van der Waals surface area contributed by atoms with Gasteiger partial charge in [-0.3, -0.25) is 19.3 Å². The van der Waals surface area contributed by atoms with Crippen LogP contribution in [0.25, 0.3) is 11.1 Å². The number of unbranched alkanes of at least 4 members (excludes halogenated alkanes) is 2. The summed E-state index contributed by atoms with van der Waals surface area (Å²) in [4.78, 5) is 54.1. The highest BCUT2D eigenvalue weighted by molar-refractivity contribution is 5.93. The third-order valence-electron chi connectivity index (χ3n) is 8.86. The van der Waals surface area contributed by atoms with Gasteiger partial charge in [0.1, 0.15) is 12.4 Å². The van der Waals surface area contributed by atoms with Gasteiger partial charge in [0.05, 0.1) is 18.7 Å². The zero-order valence-electron chi connectivity index (χ0n) is 30.3. The molecule has 0 unspecified atom stereocenters. The van der Waals surface area contributed by atoms with Crippen molar-refractivity contribution < 1.29 is 29.0 Å². The molecule has 0 spiro atoms. The van der Waals surface area contributed by atoms with E-state index in [4.69, 9.17) is 10.5 Å². The maximum Gasteiger partial charge on any atom is 0.429 e. The number of nitrogens with one attached hydrogen (secondary N) is 1. The van der Waals surface area contributed by atoms with Crippen LogP contribution in [0.15, 0.2) is 78.9 Å². The molecule has 0 atom stereocenters. The molecule has 0 bridgehead atoms. The molecular weight excluding hydrogens is 660 g/mol. The van der Waals surface area contributed by atoms with Crippen molar-refractivity contribution in [2.45, 2.75) is 57.9 Å². The number of hydrogen-bond acceptors (Lipinski definition) is 8. The number of hydrazine groups is 1. The smallest absolute Gasteiger partial charge is 0.429 e. The Morgan fingerprint density at radius 2 is 1.56 bits per heavy atom. The fourth-order valence-electron chi connectivity index (χ4n) is 6.15. The number of likely N-dealkylation sites (N-methyl/N-ethyl adjacent to an activating group) is 1. The summed E-state index contributed by atoms with van der Waals surface area (Å²) in [6.45, 7) is 3.53. The van der Waals surface area contributed by atoms with Crippen molar-refractivity contribution in [2.24, 2.45) is 5.73 Å². The molecule has 4 amide bonds. The van der Waals surface area contributed by atoms with Gasteiger partial charge < -0.3 is 25.8 Å². The van der Waals surface area contributed by atoms with Crippen molar-refractivity contribution in [3.05, 3.63) is 90.8 Å². The molecular formula is C40H53N6O6. The predicted molar refractivity (Wildman–Crippen MR) is 202 cm³/mol. The van der Waals surface area contributed by atoms with Crippen molar-refractivity contribution in [2.75, 3.05) is 57.9 Å². The number of phenols is 1. The minimum Gasteiger partial charge on any atom is -0.508 e. The molecule has 0 aromatic heterocycles. The lowest BCUT2D eigenvalue weighted by Gasteiger charge is -2.37. The lowest BCUT2D eigenvalue weighted by Crippen LogP contribution is -2.50. The quantitative estimate of drug-likeness (QED) is 0.137. The molecule has 3 aromatic rings. The SMILES string of the molecule is CN(CCCC(=O)N(CCCCCNC(=O)CCOC(=O)N(c1ccccc1-c1ccccc1)N1CC[CH]CC1)Cc1ccc(O)cc1)CC(N)=O. The van der Waals surface area contributed by atoms with Gasteiger partial charge in [0, 0.05) is 44.7 Å². The van der Waals surface area contributed by atoms with Crippen LogP contribution >= 0.6 is 0 Å². The van der Waals surface area contributed by atoms with Gasteiger partial charge in [-0.15, -0.1) is 0 Å². The number of carbonyl (C=O) groups excluding carboxylic acids is 4. The van der Waals surface area contributed by atoms with Crippen LogP contribution < -0.4 is 16.1 Å². The molecule has 0 saturated carbocycles. The maximum absolute atomic E-state index is 13.6. The number of para-hydroxylation sites is 1. The summed E-state index contributed by atoms with van der Waals surface area (Å²) >= 11 is 0. The van der Waals surface area contributed by atoms with E-state index in [0.717, 1.165) is 54.5 Å². The number of carbonyl (C=O) groups is 4. The minimum absolute atomic E-state index is 0.0177. The topological polar surface area (TPSA) is 149 Å². The normalized spacial score (nSPS) is 13.0. The lowest BCUT2D eigenvalue weighted by molar-refractivity contribution is -0.132. The van der Waals surface area contributed by atoms with Crippen LogP contribution in [0.5, 0.6) is 5.75 Å². The molecule has 3 aromatic carbocycles. The summed E-state index contributed by atoms with van der Waals surface area (Å²) in [7, 11) is 1.80. The van der Waals surface area contributed by atoms with Gasteiger partial charge in [-0.05, 0) is 87.9 Å². The van der Waals surface area contributed by atoms with Gasteiger partial charge in [-0.2, -0.15) is 0 Å². The minimum atomic E-state index is -0.512. The summed E-state index contributed by atoms with van der Waals surface area (Å²) in [5, 5.41) is 16.2. The van der Waals surface area contributed by atoms with Crippen LogP contribution in [0.1, 0.15) is 56.9 Å². The zero-order chi connectivity index (χ0) is 37.1. The number of nitrogens with two attached hydrogens (primary N) is 1. The van der Waals surface area contributed by atoms with E-state index < -0.39 is 12.0 Å². The first-order valence-electron chi connectivity index (χ1n) is 18.2. The molecule has 1 aliphatic rings. The zero-order valence-corrected chi connectivity index (χ0v) is 30.3. The fraction of sp³-hybridized carbons (Fsp3) is 0.425. The number of piperidine rings is 1. The van der Waals surface area contributed by atoms with Crippen LogP contribution in [0.4, 0.5) is 10.5 Å². The van der Waals surface area contributed by atoms with Gasteiger partial charge in [-0.25, -0.2) is 14.8 Å². The second-order valence-corrected chi connectivity index (χ2v) is 13.1. The Hall–Kier alpha value is -4.94. The van der Waals surface area contributed by atoms with Crippen LogP contribution in [0.2, 0.25) is 0 Å². The van der Waals surface area contributed by atoms with Gasteiger partial charge in [0.15, 0.2) is 0 Å². The molecule has 1 fully saturated rings. The standard InChI is InChI=1S/C40H53N6O6/c1-43(31-37(41)48)25-13-18-39(50)44(30-32-19-21-34(47)22-20-32)26-10-3-9-24-42-38(49)23-29-52-40(51)46(45-27-11-4-12-28-45)36-17-8-7-16-35(36)33-14-5-2-6-15-33/h2,4-8,14-17,19-22,47H,3,9-13,18,23-31H2,1H3,(H2,41,48)(H,42,49). The second-order valence-electron chi connectivity index (χ2n) is 13.1. The summed E-state index contributed by atoms with van der Waals surface area (Å²) < 4.78 is 5.68. The van der Waals surface area contributed by atoms with Crippen molar-refractivity contribution in [1.29, 1.82) is 0 Å². The number of primary amides is 1. The third-order valence-corrected chi connectivity index (χ3v) is 8.86. The van der Waals surface area contributed by atoms with E-state index >= 15 is 0 Å². The highest BCUT2D eigenvalue weighted by Gasteiger charge is 2.28. The molecule has 1 aliphatic heterocycles. The van der Waals surface area contributed by atoms with Crippen LogP contribution in [-0.4, -0.2) is 96.7 Å². The van der Waals surface area contributed by atoms with E-state index in [9.17, 15) is 24.3 Å². The molecule has 4 rings (SSSR count). The van der Waals surface area contributed by atoms with E-state index in [-0.39, 0.29) is 37.1 Å². The summed E-state index contributed by atoms with van der Waals surface area (Å²) in [5.41, 5.74) is 8.84. The summed E-state index contributed by atoms with van der Waals surface area (Å²) in [6, 6.07) is 24.5. The second kappa shape index (κ2) is 21.4. The van der Waals surface area contributed by atoms with Gasteiger partial charge in [0.2, 0.25) is 17.7 Å². The highest BCUT2D eigenvalue weighted by atomic mass is 16.6. The van der Waals surface area contributed by atoms with Crippen LogP contribution in [0.3, 0.4) is 0 Å². The summed E-state index contributed by atoms with van der Waals surface area (Å²) in [5.74, 6) is -0.411. The third kappa shape index (κ3) is 13.3. The number of phenolic OH excluding ortho intramolecular Hbond substituents is 1. The number of rotatable bonds is 20. The molecule has 1 saturated heterocycles. The predicted octanol–water partition coefficient (Wildman–Crippen LogP) is 5.12. The monoisotopic (exact) mass is 713 g/mol. The van der Waals surface area contributed by atoms with Crippen molar-refractivity contribution in [3.8, 4) is 16.9 Å². The Labute approximate surface area is 307 Å². The maximum atomic E-state index is 13.6. The number of anilines is 1. The molecule has 12 heteroatoms. The first-order valence-corrected chi connectivity index (χ1v) is 18.2. The fourth-order valence-corrected chi connectivity index (χ4v) is 6.15. The van der Waals surface area contributed by atoms with Crippen LogP contribution in [-0.2, 0) is 25.7 Å². The molecule has 4 N–H and O–H groups in total. The average Bonchev–Trinajstić information content (AvgIpc) is 3.14. The molecule has 0 aliphatic carbocycles. The van der Waals surface area contributed by atoms with E-state index in [2.05, 4.69) is 11.7 Å².